The topological polar surface area (TPSA) is 90.0 Å². The second-order valence-corrected chi connectivity index (χ2v) is 5.10. The number of ether oxygens (including phenoxy) is 1. The molecule has 0 aromatic carbocycles. The minimum atomic E-state index is 0.220. The first-order chi connectivity index (χ1) is 10.3. The summed E-state index contributed by atoms with van der Waals surface area (Å²) < 4.78 is 16.2. The molecule has 0 radical (unpaired) electrons. The van der Waals surface area contributed by atoms with Crippen molar-refractivity contribution in [2.75, 3.05) is 13.2 Å². The van der Waals surface area contributed by atoms with Crippen LogP contribution in [0.3, 0.4) is 0 Å². The van der Waals surface area contributed by atoms with Crippen molar-refractivity contribution in [3.8, 4) is 23.0 Å². The Kier molecular flexibility index (Phi) is 2.85. The summed E-state index contributed by atoms with van der Waals surface area (Å²) in [6.07, 6.45) is 0.929. The lowest BCUT2D eigenvalue weighted by atomic mass is 10.1. The van der Waals surface area contributed by atoms with Crippen LogP contribution in [0, 0.1) is 6.92 Å². The van der Waals surface area contributed by atoms with Crippen molar-refractivity contribution in [3.05, 3.63) is 29.8 Å². The van der Waals surface area contributed by atoms with Crippen molar-refractivity contribution in [1.29, 1.82) is 0 Å². The fraction of sp³-hybridized carbons (Fsp3) is 0.357. The van der Waals surface area contributed by atoms with E-state index in [-0.39, 0.29) is 5.92 Å². The maximum atomic E-state index is 5.54. The molecule has 1 aliphatic rings. The van der Waals surface area contributed by atoms with Crippen LogP contribution in [0.15, 0.2) is 27.1 Å². The van der Waals surface area contributed by atoms with E-state index < -0.39 is 0 Å². The van der Waals surface area contributed by atoms with Gasteiger partial charge in [-0.3, -0.25) is 5.10 Å². The van der Waals surface area contributed by atoms with Gasteiger partial charge in [0.05, 0.1) is 6.61 Å². The summed E-state index contributed by atoms with van der Waals surface area (Å²) in [7, 11) is 0. The molecule has 0 spiro atoms. The van der Waals surface area contributed by atoms with Crippen molar-refractivity contribution in [2.45, 2.75) is 19.3 Å². The van der Waals surface area contributed by atoms with Crippen LogP contribution in [0.4, 0.5) is 0 Å². The molecular formula is C14H14N4O3. The predicted molar refractivity (Wildman–Crippen MR) is 72.5 cm³/mol. The monoisotopic (exact) mass is 286 g/mol. The second-order valence-electron chi connectivity index (χ2n) is 5.10. The number of aromatic nitrogens is 4. The van der Waals surface area contributed by atoms with E-state index in [0.29, 0.717) is 35.5 Å². The van der Waals surface area contributed by atoms with Crippen LogP contribution < -0.4 is 0 Å². The SMILES string of the molecule is Cc1ccc(-c2cc(-c3nc([C@@H]4CCOC4)no3)[nH]n2)o1. The van der Waals surface area contributed by atoms with Crippen LogP contribution >= 0.6 is 0 Å². The van der Waals surface area contributed by atoms with Crippen molar-refractivity contribution >= 4 is 0 Å². The molecule has 1 aliphatic heterocycles. The molecule has 3 aromatic heterocycles. The number of nitrogens with zero attached hydrogens (tertiary/aromatic N) is 3. The Morgan fingerprint density at radius 2 is 2.29 bits per heavy atom. The van der Waals surface area contributed by atoms with Crippen molar-refractivity contribution in [2.24, 2.45) is 0 Å². The van der Waals surface area contributed by atoms with Gasteiger partial charge in [-0.15, -0.1) is 0 Å². The molecule has 1 fully saturated rings. The molecule has 108 valence electrons. The molecule has 3 aromatic rings. The van der Waals surface area contributed by atoms with Gasteiger partial charge in [0.2, 0.25) is 0 Å². The van der Waals surface area contributed by atoms with Crippen LogP contribution in [-0.2, 0) is 4.74 Å². The summed E-state index contributed by atoms with van der Waals surface area (Å²) in [6, 6.07) is 5.61. The first-order valence-corrected chi connectivity index (χ1v) is 6.83. The third kappa shape index (κ3) is 2.25. The molecular weight excluding hydrogens is 272 g/mol. The van der Waals surface area contributed by atoms with Gasteiger partial charge in [-0.2, -0.15) is 10.1 Å². The highest BCUT2D eigenvalue weighted by molar-refractivity contribution is 5.60. The van der Waals surface area contributed by atoms with Crippen LogP contribution in [0.5, 0.6) is 0 Å². The largest absolute Gasteiger partial charge is 0.460 e. The van der Waals surface area contributed by atoms with Gasteiger partial charge in [0, 0.05) is 18.6 Å². The molecule has 1 saturated heterocycles. The number of rotatable bonds is 3. The highest BCUT2D eigenvalue weighted by atomic mass is 16.5. The summed E-state index contributed by atoms with van der Waals surface area (Å²) in [6.45, 7) is 3.30. The summed E-state index contributed by atoms with van der Waals surface area (Å²) in [5.74, 6) is 2.89. The standard InChI is InChI=1S/C14H14N4O3/c1-8-2-3-12(20-8)10-6-11(17-16-10)14-15-13(18-21-14)9-4-5-19-7-9/h2-3,6,9H,4-5,7H2,1H3,(H,16,17)/t9-/m1/s1. The Morgan fingerprint density at radius 1 is 1.33 bits per heavy atom. The minimum absolute atomic E-state index is 0.220. The lowest BCUT2D eigenvalue weighted by Gasteiger charge is -1.97. The quantitative estimate of drug-likeness (QED) is 0.795. The highest BCUT2D eigenvalue weighted by Crippen LogP contribution is 2.27. The van der Waals surface area contributed by atoms with Crippen LogP contribution in [0.25, 0.3) is 23.0 Å². The Bertz CT molecular complexity index is 752. The number of aryl methyl sites for hydroxylation is 1. The number of furan rings is 1. The summed E-state index contributed by atoms with van der Waals surface area (Å²) in [5.41, 5.74) is 1.39. The van der Waals surface area contributed by atoms with Crippen LogP contribution in [0.2, 0.25) is 0 Å². The van der Waals surface area contributed by atoms with Gasteiger partial charge >= 0.3 is 0 Å². The van der Waals surface area contributed by atoms with E-state index in [1.54, 1.807) is 0 Å². The van der Waals surface area contributed by atoms with E-state index in [4.69, 9.17) is 13.7 Å². The van der Waals surface area contributed by atoms with Gasteiger partial charge in [0.1, 0.15) is 17.1 Å². The van der Waals surface area contributed by atoms with Crippen LogP contribution in [0.1, 0.15) is 23.9 Å². The normalized spacial score (nSPS) is 18.4. The van der Waals surface area contributed by atoms with Gasteiger partial charge in [-0.1, -0.05) is 5.16 Å². The summed E-state index contributed by atoms with van der Waals surface area (Å²) >= 11 is 0. The third-order valence-corrected chi connectivity index (χ3v) is 3.54. The number of nitrogens with one attached hydrogen (secondary N) is 1. The fourth-order valence-electron chi connectivity index (χ4n) is 2.38. The molecule has 4 heterocycles. The van der Waals surface area contributed by atoms with E-state index >= 15 is 0 Å². The number of hydrogen-bond donors (Lipinski definition) is 1. The van der Waals surface area contributed by atoms with Gasteiger partial charge < -0.3 is 13.7 Å². The summed E-state index contributed by atoms with van der Waals surface area (Å²) in [5, 5.41) is 11.1. The van der Waals surface area contributed by atoms with E-state index in [0.717, 1.165) is 18.8 Å². The summed E-state index contributed by atoms with van der Waals surface area (Å²) in [4.78, 5) is 4.42. The van der Waals surface area contributed by atoms with Crippen LogP contribution in [-0.4, -0.2) is 33.6 Å². The lowest BCUT2D eigenvalue weighted by Crippen LogP contribution is -1.99. The van der Waals surface area contributed by atoms with Gasteiger partial charge in [0.25, 0.3) is 5.89 Å². The van der Waals surface area contributed by atoms with Gasteiger partial charge in [-0.25, -0.2) is 0 Å². The third-order valence-electron chi connectivity index (χ3n) is 3.54. The molecule has 1 atom stereocenters. The Labute approximate surface area is 120 Å². The van der Waals surface area contributed by atoms with E-state index in [9.17, 15) is 0 Å². The molecule has 7 nitrogen and oxygen atoms in total. The maximum Gasteiger partial charge on any atom is 0.275 e. The molecule has 0 bridgehead atoms. The average molecular weight is 286 g/mol. The first kappa shape index (κ1) is 12.3. The van der Waals surface area contributed by atoms with E-state index in [1.807, 2.05) is 25.1 Å². The lowest BCUT2D eigenvalue weighted by molar-refractivity contribution is 0.192. The minimum Gasteiger partial charge on any atom is -0.460 e. The zero-order valence-corrected chi connectivity index (χ0v) is 11.5. The fourth-order valence-corrected chi connectivity index (χ4v) is 2.38. The molecule has 4 rings (SSSR count). The molecule has 1 N–H and O–H groups in total. The number of hydrogen-bond acceptors (Lipinski definition) is 6. The van der Waals surface area contributed by atoms with Crippen molar-refractivity contribution in [3.63, 3.8) is 0 Å². The van der Waals surface area contributed by atoms with Gasteiger partial charge in [0.15, 0.2) is 11.6 Å². The molecule has 21 heavy (non-hydrogen) atoms. The van der Waals surface area contributed by atoms with E-state index in [2.05, 4.69) is 20.3 Å². The smallest absolute Gasteiger partial charge is 0.275 e. The Hall–Kier alpha value is -2.41. The zero-order valence-electron chi connectivity index (χ0n) is 11.5. The maximum absolute atomic E-state index is 5.54. The Balaban J connectivity index is 1.60. The molecule has 7 heteroatoms. The number of aromatic amines is 1. The van der Waals surface area contributed by atoms with Crippen molar-refractivity contribution in [1.82, 2.24) is 20.3 Å². The highest BCUT2D eigenvalue weighted by Gasteiger charge is 2.24. The second kappa shape index (κ2) is 4.85. The van der Waals surface area contributed by atoms with Gasteiger partial charge in [-0.05, 0) is 25.5 Å². The zero-order chi connectivity index (χ0) is 14.2. The van der Waals surface area contributed by atoms with Crippen molar-refractivity contribution < 1.29 is 13.7 Å². The molecule has 0 saturated carbocycles. The van der Waals surface area contributed by atoms with E-state index in [1.165, 1.54) is 0 Å². The Morgan fingerprint density at radius 3 is 3.05 bits per heavy atom. The molecule has 0 amide bonds. The predicted octanol–water partition coefficient (Wildman–Crippen LogP) is 2.53. The number of H-pyrrole nitrogens is 1. The first-order valence-electron chi connectivity index (χ1n) is 6.83. The molecule has 0 unspecified atom stereocenters. The molecule has 0 aliphatic carbocycles. The average Bonchev–Trinajstić information content (AvgIpc) is 3.25.